The summed E-state index contributed by atoms with van der Waals surface area (Å²) in [5.74, 6) is 0.817. The highest BCUT2D eigenvalue weighted by Gasteiger charge is 2.13. The minimum atomic E-state index is 0.817. The summed E-state index contributed by atoms with van der Waals surface area (Å²) < 4.78 is 2.02. The zero-order chi connectivity index (χ0) is 11.2. The van der Waals surface area contributed by atoms with Gasteiger partial charge in [-0.1, -0.05) is 24.3 Å². The van der Waals surface area contributed by atoms with Gasteiger partial charge < -0.3 is 4.40 Å². The Labute approximate surface area is 97.7 Å². The molecule has 1 aromatic carbocycles. The Kier molecular flexibility index (Phi) is 1.56. The number of aromatic nitrogens is 3. The zero-order valence-corrected chi connectivity index (χ0v) is 9.04. The molecule has 0 bridgehead atoms. The Balaban J connectivity index is 2.25. The Morgan fingerprint density at radius 1 is 0.882 bits per heavy atom. The van der Waals surface area contributed by atoms with Crippen molar-refractivity contribution in [3.8, 4) is 11.4 Å². The molecule has 1 aromatic heterocycles. The largest absolute Gasteiger partial charge is 0.308 e. The molecule has 0 atom stereocenters. The minimum Gasteiger partial charge on any atom is -0.308 e. The van der Waals surface area contributed by atoms with Crippen LogP contribution in [0.15, 0.2) is 54.9 Å². The second-order valence-electron chi connectivity index (χ2n) is 4.07. The van der Waals surface area contributed by atoms with Crippen LogP contribution < -0.4 is 0 Å². The first-order chi connectivity index (χ1) is 8.42. The highest BCUT2D eigenvalue weighted by molar-refractivity contribution is 5.96. The number of nitrogens with zero attached hydrogens (tertiary/aromatic N) is 3. The fraction of sp³-hybridized carbons (Fsp3) is 0. The third kappa shape index (κ3) is 1.16. The molecule has 0 saturated heterocycles. The van der Waals surface area contributed by atoms with Crippen LogP contribution in [0.2, 0.25) is 0 Å². The molecule has 0 amide bonds. The third-order valence-corrected chi connectivity index (χ3v) is 3.02. The van der Waals surface area contributed by atoms with Crippen LogP contribution in [0.4, 0.5) is 0 Å². The van der Waals surface area contributed by atoms with Gasteiger partial charge in [-0.2, -0.15) is 0 Å². The first-order valence-electron chi connectivity index (χ1n) is 5.54. The van der Waals surface area contributed by atoms with E-state index in [0.29, 0.717) is 0 Å². The zero-order valence-electron chi connectivity index (χ0n) is 9.04. The van der Waals surface area contributed by atoms with Crippen molar-refractivity contribution in [1.29, 1.82) is 0 Å². The maximum Gasteiger partial charge on any atom is 0.164 e. The number of pyridine rings is 1. The van der Waals surface area contributed by atoms with Crippen LogP contribution in [0.3, 0.4) is 0 Å². The average Bonchev–Trinajstić information content (AvgIpc) is 2.73. The number of fused-ring (bicyclic) bond motifs is 4. The van der Waals surface area contributed by atoms with Gasteiger partial charge in [-0.25, -0.2) is 9.97 Å². The van der Waals surface area contributed by atoms with Crippen molar-refractivity contribution >= 4 is 16.6 Å². The molecule has 3 nitrogen and oxygen atoms in total. The van der Waals surface area contributed by atoms with E-state index in [9.17, 15) is 0 Å². The SMILES string of the molecule is c1ccc2c3cn4ccccc4nc-3nc2c1. The second-order valence-corrected chi connectivity index (χ2v) is 4.07. The molecule has 0 spiro atoms. The van der Waals surface area contributed by atoms with Crippen LogP contribution in [0.5, 0.6) is 0 Å². The van der Waals surface area contributed by atoms with E-state index < -0.39 is 0 Å². The molecule has 0 saturated carbocycles. The van der Waals surface area contributed by atoms with Gasteiger partial charge in [0.15, 0.2) is 5.82 Å². The van der Waals surface area contributed by atoms with E-state index >= 15 is 0 Å². The van der Waals surface area contributed by atoms with Gasteiger partial charge in [0.05, 0.1) is 5.52 Å². The molecule has 0 unspecified atom stereocenters. The number of benzene rings is 1. The van der Waals surface area contributed by atoms with Crippen LogP contribution in [0, 0.1) is 0 Å². The monoisotopic (exact) mass is 219 g/mol. The predicted molar refractivity (Wildman–Crippen MR) is 67.1 cm³/mol. The molecule has 0 aliphatic carbocycles. The van der Waals surface area contributed by atoms with Crippen molar-refractivity contribution in [1.82, 2.24) is 14.4 Å². The maximum absolute atomic E-state index is 4.57. The molecular weight excluding hydrogens is 210 g/mol. The first-order valence-corrected chi connectivity index (χ1v) is 5.54. The summed E-state index contributed by atoms with van der Waals surface area (Å²) in [7, 11) is 0. The van der Waals surface area contributed by atoms with Crippen molar-refractivity contribution in [2.45, 2.75) is 0 Å². The Hall–Kier alpha value is -2.42. The number of hydrogen-bond donors (Lipinski definition) is 0. The Morgan fingerprint density at radius 2 is 1.76 bits per heavy atom. The molecule has 17 heavy (non-hydrogen) atoms. The van der Waals surface area contributed by atoms with Crippen LogP contribution in [-0.4, -0.2) is 14.4 Å². The van der Waals surface area contributed by atoms with Crippen LogP contribution in [0.25, 0.3) is 27.9 Å². The van der Waals surface area contributed by atoms with Gasteiger partial charge >= 0.3 is 0 Å². The Bertz CT molecular complexity index is 795. The van der Waals surface area contributed by atoms with Crippen molar-refractivity contribution in [3.05, 3.63) is 54.9 Å². The molecule has 3 heteroatoms. The lowest BCUT2D eigenvalue weighted by Crippen LogP contribution is -1.94. The van der Waals surface area contributed by atoms with Gasteiger partial charge in [-0.05, 0) is 18.2 Å². The van der Waals surface area contributed by atoms with E-state index in [4.69, 9.17) is 0 Å². The van der Waals surface area contributed by atoms with Gasteiger partial charge in [0.2, 0.25) is 0 Å². The lowest BCUT2D eigenvalue weighted by Gasteiger charge is -2.03. The lowest BCUT2D eigenvalue weighted by molar-refractivity contribution is 1.09. The van der Waals surface area contributed by atoms with Gasteiger partial charge in [0.1, 0.15) is 5.65 Å². The molecule has 0 N–H and O–H groups in total. The van der Waals surface area contributed by atoms with E-state index in [0.717, 1.165) is 27.9 Å². The lowest BCUT2D eigenvalue weighted by atomic mass is 10.2. The summed E-state index contributed by atoms with van der Waals surface area (Å²) >= 11 is 0. The van der Waals surface area contributed by atoms with Gasteiger partial charge in [-0.3, -0.25) is 0 Å². The van der Waals surface area contributed by atoms with E-state index in [1.165, 1.54) is 0 Å². The molecule has 80 valence electrons. The summed E-state index contributed by atoms with van der Waals surface area (Å²) in [6.45, 7) is 0. The summed E-state index contributed by atoms with van der Waals surface area (Å²) in [5.41, 5.74) is 3.03. The van der Waals surface area contributed by atoms with E-state index in [1.807, 2.05) is 47.0 Å². The quantitative estimate of drug-likeness (QED) is 0.455. The standard InChI is InChI=1S/C14H9N3/c1-2-6-12-10(5-1)11-9-17-8-4-3-7-13(17)16-14(11)15-12/h1-9H. The summed E-state index contributed by atoms with van der Waals surface area (Å²) in [6, 6.07) is 14.1. The van der Waals surface area contributed by atoms with Crippen molar-refractivity contribution in [3.63, 3.8) is 0 Å². The fourth-order valence-electron chi connectivity index (χ4n) is 2.20. The maximum atomic E-state index is 4.57. The molecule has 2 aliphatic rings. The van der Waals surface area contributed by atoms with Gasteiger partial charge in [-0.15, -0.1) is 0 Å². The summed E-state index contributed by atoms with van der Waals surface area (Å²) in [5, 5.41) is 1.16. The molecule has 4 rings (SSSR count). The van der Waals surface area contributed by atoms with Crippen molar-refractivity contribution < 1.29 is 0 Å². The topological polar surface area (TPSA) is 30.2 Å². The van der Waals surface area contributed by atoms with Crippen molar-refractivity contribution in [2.75, 3.05) is 0 Å². The molecule has 3 heterocycles. The highest BCUT2D eigenvalue weighted by Crippen LogP contribution is 2.29. The van der Waals surface area contributed by atoms with Crippen LogP contribution >= 0.6 is 0 Å². The Morgan fingerprint density at radius 3 is 2.76 bits per heavy atom. The van der Waals surface area contributed by atoms with Crippen LogP contribution in [0.1, 0.15) is 0 Å². The smallest absolute Gasteiger partial charge is 0.164 e. The van der Waals surface area contributed by atoms with E-state index in [2.05, 4.69) is 22.2 Å². The molecule has 2 aromatic rings. The molecule has 0 radical (unpaired) electrons. The fourth-order valence-corrected chi connectivity index (χ4v) is 2.20. The van der Waals surface area contributed by atoms with Gasteiger partial charge in [0, 0.05) is 23.3 Å². The molecule has 2 aliphatic heterocycles. The van der Waals surface area contributed by atoms with E-state index in [-0.39, 0.29) is 0 Å². The molecule has 0 fully saturated rings. The number of rotatable bonds is 0. The number of para-hydroxylation sites is 1. The van der Waals surface area contributed by atoms with Gasteiger partial charge in [0.25, 0.3) is 0 Å². The van der Waals surface area contributed by atoms with E-state index in [1.54, 1.807) is 0 Å². The third-order valence-electron chi connectivity index (χ3n) is 3.02. The highest BCUT2D eigenvalue weighted by atomic mass is 15.0. The summed E-state index contributed by atoms with van der Waals surface area (Å²) in [4.78, 5) is 9.11. The molecular formula is C14H9N3. The van der Waals surface area contributed by atoms with Crippen molar-refractivity contribution in [2.24, 2.45) is 0 Å². The normalized spacial score (nSPS) is 11.5. The average molecular weight is 219 g/mol. The minimum absolute atomic E-state index is 0.817. The number of hydrogen-bond acceptors (Lipinski definition) is 2. The van der Waals surface area contributed by atoms with Crippen LogP contribution in [-0.2, 0) is 0 Å². The first kappa shape index (κ1) is 8.70. The predicted octanol–water partition coefficient (Wildman–Crippen LogP) is 2.99. The summed E-state index contributed by atoms with van der Waals surface area (Å²) in [6.07, 6.45) is 4.09. The second kappa shape index (κ2) is 3.04.